The predicted molar refractivity (Wildman–Crippen MR) is 131 cm³/mol. The number of likely N-dealkylation sites (tertiary alicyclic amines) is 1. The fraction of sp³-hybridized carbons (Fsp3) is 0.346. The normalized spacial score (nSPS) is 22.2. The highest BCUT2D eigenvalue weighted by molar-refractivity contribution is 7.16. The van der Waals surface area contributed by atoms with E-state index in [1.807, 2.05) is 17.6 Å². The topological polar surface area (TPSA) is 120 Å². The summed E-state index contributed by atoms with van der Waals surface area (Å²) in [5.41, 5.74) is 3.95. The van der Waals surface area contributed by atoms with Gasteiger partial charge in [0.05, 0.1) is 32.5 Å². The number of fused-ring (bicyclic) bond motifs is 2. The van der Waals surface area contributed by atoms with Crippen molar-refractivity contribution in [2.24, 2.45) is 0 Å². The maximum atomic E-state index is 13.2. The summed E-state index contributed by atoms with van der Waals surface area (Å²) in [7, 11) is 0. The second kappa shape index (κ2) is 8.58. The molecule has 3 aromatic rings. The second-order valence-corrected chi connectivity index (χ2v) is 10.5. The molecule has 36 heavy (non-hydrogen) atoms. The molecule has 1 unspecified atom stereocenters. The van der Waals surface area contributed by atoms with Gasteiger partial charge in [-0.05, 0) is 48.6 Å². The number of carbonyl (C=O) groups excluding carboxylic acids is 4. The smallest absolute Gasteiger partial charge is 0.262 e. The lowest BCUT2D eigenvalue weighted by Crippen LogP contribution is -2.54. The second-order valence-electron chi connectivity index (χ2n) is 9.63. The maximum Gasteiger partial charge on any atom is 0.262 e. The highest BCUT2D eigenvalue weighted by Gasteiger charge is 2.45. The van der Waals surface area contributed by atoms with Crippen molar-refractivity contribution in [3.05, 3.63) is 64.2 Å². The largest absolute Gasteiger partial charge is 0.385 e. The van der Waals surface area contributed by atoms with Crippen molar-refractivity contribution in [2.45, 2.75) is 43.9 Å². The van der Waals surface area contributed by atoms with Crippen molar-refractivity contribution in [2.75, 3.05) is 13.1 Å². The molecule has 2 fully saturated rings. The molecule has 0 radical (unpaired) electrons. The first kappa shape index (κ1) is 23.0. The summed E-state index contributed by atoms with van der Waals surface area (Å²) < 4.78 is 1.18. The number of benzene rings is 2. The van der Waals surface area contributed by atoms with E-state index >= 15 is 0 Å². The fourth-order valence-electron chi connectivity index (χ4n) is 5.44. The molecule has 9 nitrogen and oxygen atoms in total. The highest BCUT2D eigenvalue weighted by Crippen LogP contribution is 2.37. The molecule has 0 saturated carbocycles. The van der Waals surface area contributed by atoms with Gasteiger partial charge in [0.2, 0.25) is 11.8 Å². The van der Waals surface area contributed by atoms with Crippen LogP contribution in [-0.4, -0.2) is 62.7 Å². The number of nitrogens with one attached hydrogen (secondary N) is 1. The van der Waals surface area contributed by atoms with E-state index in [0.717, 1.165) is 17.0 Å². The minimum absolute atomic E-state index is 0.0722. The third-order valence-electron chi connectivity index (χ3n) is 7.49. The van der Waals surface area contributed by atoms with Crippen LogP contribution in [0.5, 0.6) is 0 Å². The number of rotatable bonds is 4. The minimum atomic E-state index is -1.12. The lowest BCUT2D eigenvalue weighted by molar-refractivity contribution is -0.136. The van der Waals surface area contributed by atoms with Crippen LogP contribution < -0.4 is 5.32 Å². The Hall–Kier alpha value is -3.47. The molecular weight excluding hydrogens is 480 g/mol. The average molecular weight is 505 g/mol. The summed E-state index contributed by atoms with van der Waals surface area (Å²) >= 11 is 1.63. The van der Waals surface area contributed by atoms with E-state index in [-0.39, 0.29) is 24.0 Å². The van der Waals surface area contributed by atoms with Crippen molar-refractivity contribution in [3.63, 3.8) is 0 Å². The van der Waals surface area contributed by atoms with Crippen molar-refractivity contribution in [1.82, 2.24) is 20.1 Å². The molecule has 3 aliphatic heterocycles. The summed E-state index contributed by atoms with van der Waals surface area (Å²) in [5, 5.41) is 13.7. The zero-order valence-electron chi connectivity index (χ0n) is 19.4. The van der Waals surface area contributed by atoms with Crippen LogP contribution in [0.1, 0.15) is 57.5 Å². The zero-order valence-corrected chi connectivity index (χ0v) is 20.2. The highest BCUT2D eigenvalue weighted by atomic mass is 32.1. The fourth-order valence-corrected chi connectivity index (χ4v) is 6.24. The summed E-state index contributed by atoms with van der Waals surface area (Å²) in [6.07, 6.45) is 1.16. The molecule has 0 spiro atoms. The quantitative estimate of drug-likeness (QED) is 0.523. The molecule has 1 aromatic heterocycles. The Kier molecular flexibility index (Phi) is 5.47. The Bertz CT molecular complexity index is 1420. The number of amides is 4. The van der Waals surface area contributed by atoms with Crippen molar-refractivity contribution < 1.29 is 24.3 Å². The van der Waals surface area contributed by atoms with E-state index < -0.39 is 35.3 Å². The Morgan fingerprint density at radius 3 is 2.61 bits per heavy atom. The van der Waals surface area contributed by atoms with E-state index in [4.69, 9.17) is 0 Å². The van der Waals surface area contributed by atoms with E-state index in [1.54, 1.807) is 29.5 Å². The third-order valence-corrected chi connectivity index (χ3v) is 8.41. The summed E-state index contributed by atoms with van der Waals surface area (Å²) in [4.78, 5) is 57.5. The van der Waals surface area contributed by atoms with Gasteiger partial charge in [-0.25, -0.2) is 4.98 Å². The maximum absolute atomic E-state index is 13.2. The van der Waals surface area contributed by atoms with Crippen LogP contribution in [-0.2, 0) is 21.7 Å². The van der Waals surface area contributed by atoms with E-state index in [9.17, 15) is 24.3 Å². The Morgan fingerprint density at radius 1 is 1.06 bits per heavy atom. The van der Waals surface area contributed by atoms with Crippen LogP contribution >= 0.6 is 11.3 Å². The van der Waals surface area contributed by atoms with Crippen LogP contribution in [0.2, 0.25) is 0 Å². The molecule has 4 heterocycles. The first-order valence-electron chi connectivity index (χ1n) is 12.0. The van der Waals surface area contributed by atoms with Gasteiger partial charge in [0.1, 0.15) is 6.04 Å². The number of thiazole rings is 1. The molecule has 2 N–H and O–H groups in total. The summed E-state index contributed by atoms with van der Waals surface area (Å²) in [5.74, 6) is -2.16. The van der Waals surface area contributed by atoms with Gasteiger partial charge in [-0.2, -0.15) is 0 Å². The van der Waals surface area contributed by atoms with Crippen LogP contribution in [0, 0.1) is 0 Å². The Labute approximate surface area is 210 Å². The molecule has 10 heteroatoms. The molecule has 2 saturated heterocycles. The first-order chi connectivity index (χ1) is 17.3. The molecule has 4 amide bonds. The van der Waals surface area contributed by atoms with Crippen LogP contribution in [0.3, 0.4) is 0 Å². The van der Waals surface area contributed by atoms with Crippen molar-refractivity contribution >= 4 is 45.2 Å². The van der Waals surface area contributed by atoms with Crippen LogP contribution in [0.25, 0.3) is 10.2 Å². The molecule has 6 rings (SSSR count). The number of aromatic nitrogens is 1. The van der Waals surface area contributed by atoms with E-state index in [0.29, 0.717) is 31.5 Å². The summed E-state index contributed by atoms with van der Waals surface area (Å²) in [6, 6.07) is 9.97. The molecule has 3 aliphatic rings. The van der Waals surface area contributed by atoms with E-state index in [1.165, 1.54) is 10.3 Å². The molecule has 184 valence electrons. The number of piperidine rings is 2. The van der Waals surface area contributed by atoms with Gasteiger partial charge in [0.15, 0.2) is 0 Å². The van der Waals surface area contributed by atoms with Gasteiger partial charge < -0.3 is 5.11 Å². The SMILES string of the molecule is O=C1CCC(N2C(=O)c3ccc(C4(O)CCN(Cc5cccc6ncsc56)CC4)cc3C2=O)C(=O)N1. The Balaban J connectivity index is 1.18. The van der Waals surface area contributed by atoms with Gasteiger partial charge in [-0.1, -0.05) is 18.2 Å². The average Bonchev–Trinajstić information content (AvgIpc) is 3.45. The zero-order chi connectivity index (χ0) is 25.0. The number of carbonyl (C=O) groups is 4. The van der Waals surface area contributed by atoms with Crippen molar-refractivity contribution in [3.8, 4) is 0 Å². The summed E-state index contributed by atoms with van der Waals surface area (Å²) in [6.45, 7) is 2.13. The lowest BCUT2D eigenvalue weighted by Gasteiger charge is -2.38. The molecule has 1 atom stereocenters. The van der Waals surface area contributed by atoms with Gasteiger partial charge in [0.25, 0.3) is 11.8 Å². The van der Waals surface area contributed by atoms with E-state index in [2.05, 4.69) is 21.3 Å². The minimum Gasteiger partial charge on any atom is -0.385 e. The van der Waals surface area contributed by atoms with Crippen LogP contribution in [0.4, 0.5) is 0 Å². The first-order valence-corrected chi connectivity index (χ1v) is 12.8. The van der Waals surface area contributed by atoms with Crippen molar-refractivity contribution in [1.29, 1.82) is 0 Å². The molecule has 0 bridgehead atoms. The van der Waals surface area contributed by atoms with Gasteiger partial charge in [-0.3, -0.25) is 34.3 Å². The Morgan fingerprint density at radius 2 is 1.83 bits per heavy atom. The lowest BCUT2D eigenvalue weighted by atomic mass is 9.83. The monoisotopic (exact) mass is 504 g/mol. The van der Waals surface area contributed by atoms with Gasteiger partial charge in [0, 0.05) is 26.1 Å². The van der Waals surface area contributed by atoms with Gasteiger partial charge >= 0.3 is 0 Å². The number of nitrogens with zero attached hydrogens (tertiary/aromatic N) is 3. The van der Waals surface area contributed by atoms with Gasteiger partial charge in [-0.15, -0.1) is 11.3 Å². The number of imide groups is 2. The number of hydrogen-bond donors (Lipinski definition) is 2. The molecule has 2 aromatic carbocycles. The predicted octanol–water partition coefficient (Wildman–Crippen LogP) is 2.18. The molecular formula is C26H24N4O5S. The third kappa shape index (κ3) is 3.73. The number of aliphatic hydroxyl groups is 1. The standard InChI is InChI=1S/C26H24N4O5S/c31-21-7-6-20(23(32)28-21)30-24(33)17-5-4-16(12-18(17)25(30)34)26(35)8-10-29(11-9-26)13-15-2-1-3-19-22(15)36-14-27-19/h1-5,12,14,20,35H,6-11,13H2,(H,28,31,32). The van der Waals surface area contributed by atoms with Crippen LogP contribution in [0.15, 0.2) is 41.9 Å². The number of hydrogen-bond acceptors (Lipinski definition) is 8. The molecule has 0 aliphatic carbocycles.